The van der Waals surface area contributed by atoms with E-state index in [1.54, 1.807) is 0 Å². The molecule has 0 aliphatic carbocycles. The minimum Gasteiger partial charge on any atom is -0.466 e. The van der Waals surface area contributed by atoms with E-state index in [4.69, 9.17) is 9.47 Å². The van der Waals surface area contributed by atoms with Crippen LogP contribution in [0.2, 0.25) is 0 Å². The summed E-state index contributed by atoms with van der Waals surface area (Å²) >= 11 is 0. The Morgan fingerprint density at radius 2 is 0.750 bits per heavy atom. The molecule has 1 atom stereocenters. The van der Waals surface area contributed by atoms with Crippen molar-refractivity contribution >= 4 is 11.9 Å². The van der Waals surface area contributed by atoms with Gasteiger partial charge in [-0.2, -0.15) is 0 Å². The van der Waals surface area contributed by atoms with Crippen molar-refractivity contribution in [3.05, 3.63) is 12.2 Å². The highest BCUT2D eigenvalue weighted by Gasteiger charge is 2.24. The molecule has 0 aromatic carbocycles. The maximum atomic E-state index is 13.1. The molecule has 0 saturated carbocycles. The van der Waals surface area contributed by atoms with Gasteiger partial charge in [0.05, 0.1) is 25.6 Å². The Hall–Kier alpha value is -1.32. The number of unbranched alkanes of at least 4 members (excludes halogenated alkanes) is 32. The van der Waals surface area contributed by atoms with Crippen LogP contribution < -0.4 is 0 Å². The van der Waals surface area contributed by atoms with Crippen LogP contribution in [0.25, 0.3) is 0 Å². The van der Waals surface area contributed by atoms with E-state index in [-0.39, 0.29) is 24.3 Å². The highest BCUT2D eigenvalue weighted by Crippen LogP contribution is 2.20. The third-order valence-electron chi connectivity index (χ3n) is 10.8. The van der Waals surface area contributed by atoms with Gasteiger partial charge in [0.25, 0.3) is 0 Å². The zero-order chi connectivity index (χ0) is 37.8. The van der Waals surface area contributed by atoms with Crippen LogP contribution in [0.5, 0.6) is 0 Å². The second-order valence-corrected chi connectivity index (χ2v) is 16.1. The standard InChI is InChI=1S/C48H92O4/c1-4-7-10-13-16-19-22-23-24-25-26-27-28-29-30-33-36-39-42-46(48(50)52-44-41-38-35-32-21-18-15-12-9-6-3)45-47(49)51-43-40-37-34-31-20-17-14-11-8-5-2/h7,10,46H,4-6,8-9,11-45H2,1-3H3/b10-7+. The molecule has 0 aliphatic heterocycles. The van der Waals surface area contributed by atoms with Crippen molar-refractivity contribution in [1.29, 1.82) is 0 Å². The fourth-order valence-electron chi connectivity index (χ4n) is 7.28. The first-order chi connectivity index (χ1) is 25.7. The predicted octanol–water partition coefficient (Wildman–Crippen LogP) is 16.1. The summed E-state index contributed by atoms with van der Waals surface area (Å²) in [6, 6.07) is 0. The Labute approximate surface area is 326 Å². The van der Waals surface area contributed by atoms with Gasteiger partial charge in [-0.05, 0) is 38.5 Å². The van der Waals surface area contributed by atoms with E-state index in [1.807, 2.05) is 0 Å². The average Bonchev–Trinajstić information content (AvgIpc) is 3.14. The van der Waals surface area contributed by atoms with Crippen molar-refractivity contribution in [2.24, 2.45) is 5.92 Å². The lowest BCUT2D eigenvalue weighted by Crippen LogP contribution is -2.23. The summed E-state index contributed by atoms with van der Waals surface area (Å²) in [6.07, 6.45) is 51.6. The lowest BCUT2D eigenvalue weighted by Gasteiger charge is -2.16. The zero-order valence-corrected chi connectivity index (χ0v) is 35.6. The molecule has 0 aromatic rings. The molecule has 0 bridgehead atoms. The number of hydrogen-bond acceptors (Lipinski definition) is 4. The van der Waals surface area contributed by atoms with Crippen molar-refractivity contribution in [1.82, 2.24) is 0 Å². The molecule has 0 saturated heterocycles. The maximum Gasteiger partial charge on any atom is 0.309 e. The van der Waals surface area contributed by atoms with Gasteiger partial charge in [-0.3, -0.25) is 9.59 Å². The molecular weight excluding hydrogens is 641 g/mol. The van der Waals surface area contributed by atoms with Crippen LogP contribution in [0.4, 0.5) is 0 Å². The Morgan fingerprint density at radius 1 is 0.404 bits per heavy atom. The molecule has 0 N–H and O–H groups in total. The van der Waals surface area contributed by atoms with Gasteiger partial charge >= 0.3 is 11.9 Å². The Morgan fingerprint density at radius 3 is 1.15 bits per heavy atom. The SMILES string of the molecule is CC/C=C/CCCCCCCCCCCCCCCCC(CC(=O)OCCCCCCCCCCCC)C(=O)OCCCCCCCCCCCC. The van der Waals surface area contributed by atoms with Gasteiger partial charge in [0.1, 0.15) is 0 Å². The molecule has 308 valence electrons. The van der Waals surface area contributed by atoms with Crippen LogP contribution >= 0.6 is 0 Å². The largest absolute Gasteiger partial charge is 0.466 e. The Kier molecular flexibility index (Phi) is 43.0. The Balaban J connectivity index is 4.17. The Bertz CT molecular complexity index is 747. The third kappa shape index (κ3) is 39.9. The van der Waals surface area contributed by atoms with Gasteiger partial charge in [-0.1, -0.05) is 232 Å². The van der Waals surface area contributed by atoms with Gasteiger partial charge in [0.15, 0.2) is 0 Å². The van der Waals surface area contributed by atoms with Crippen LogP contribution in [0.15, 0.2) is 12.2 Å². The first-order valence-electron chi connectivity index (χ1n) is 23.6. The minimum atomic E-state index is -0.360. The van der Waals surface area contributed by atoms with Gasteiger partial charge < -0.3 is 9.47 Å². The molecule has 4 nitrogen and oxygen atoms in total. The molecule has 0 rings (SSSR count). The fourth-order valence-corrected chi connectivity index (χ4v) is 7.28. The molecule has 0 heterocycles. The van der Waals surface area contributed by atoms with E-state index in [1.165, 1.54) is 186 Å². The summed E-state index contributed by atoms with van der Waals surface area (Å²) in [7, 11) is 0. The molecule has 0 amide bonds. The van der Waals surface area contributed by atoms with Crippen LogP contribution in [-0.2, 0) is 19.1 Å². The second kappa shape index (κ2) is 44.1. The number of allylic oxidation sites excluding steroid dienone is 2. The van der Waals surface area contributed by atoms with Crippen molar-refractivity contribution in [3.63, 3.8) is 0 Å². The van der Waals surface area contributed by atoms with Gasteiger partial charge in [0.2, 0.25) is 0 Å². The molecule has 0 spiro atoms. The number of carbonyl (C=O) groups excluding carboxylic acids is 2. The summed E-state index contributed by atoms with van der Waals surface area (Å²) in [4.78, 5) is 25.8. The minimum absolute atomic E-state index is 0.172. The predicted molar refractivity (Wildman–Crippen MR) is 227 cm³/mol. The van der Waals surface area contributed by atoms with Crippen LogP contribution in [0.3, 0.4) is 0 Å². The molecule has 0 aliphatic rings. The van der Waals surface area contributed by atoms with E-state index >= 15 is 0 Å². The highest BCUT2D eigenvalue weighted by atomic mass is 16.5. The maximum absolute atomic E-state index is 13.1. The normalized spacial score (nSPS) is 12.1. The number of ether oxygens (including phenoxy) is 2. The molecule has 0 aromatic heterocycles. The van der Waals surface area contributed by atoms with E-state index < -0.39 is 0 Å². The van der Waals surface area contributed by atoms with Crippen LogP contribution in [0.1, 0.15) is 265 Å². The quantitative estimate of drug-likeness (QED) is 0.0356. The van der Waals surface area contributed by atoms with Gasteiger partial charge in [0, 0.05) is 0 Å². The lowest BCUT2D eigenvalue weighted by molar-refractivity contribution is -0.155. The molecule has 1 unspecified atom stereocenters. The summed E-state index contributed by atoms with van der Waals surface area (Å²) < 4.78 is 11.3. The molecule has 4 heteroatoms. The monoisotopic (exact) mass is 733 g/mol. The van der Waals surface area contributed by atoms with Gasteiger partial charge in [-0.25, -0.2) is 0 Å². The summed E-state index contributed by atoms with van der Waals surface area (Å²) in [6.45, 7) is 7.70. The molecule has 52 heavy (non-hydrogen) atoms. The fraction of sp³-hybridized carbons (Fsp3) is 0.917. The summed E-state index contributed by atoms with van der Waals surface area (Å²) in [5.41, 5.74) is 0. The number of rotatable bonds is 43. The van der Waals surface area contributed by atoms with Gasteiger partial charge in [-0.15, -0.1) is 0 Å². The lowest BCUT2D eigenvalue weighted by atomic mass is 9.97. The second-order valence-electron chi connectivity index (χ2n) is 16.1. The first-order valence-corrected chi connectivity index (χ1v) is 23.6. The van der Waals surface area contributed by atoms with Crippen molar-refractivity contribution < 1.29 is 19.1 Å². The van der Waals surface area contributed by atoms with E-state index in [0.717, 1.165) is 51.4 Å². The number of carbonyl (C=O) groups is 2. The molecule has 0 fully saturated rings. The van der Waals surface area contributed by atoms with E-state index in [2.05, 4.69) is 32.9 Å². The van der Waals surface area contributed by atoms with E-state index in [9.17, 15) is 9.59 Å². The summed E-state index contributed by atoms with van der Waals surface area (Å²) in [5.74, 6) is -0.770. The zero-order valence-electron chi connectivity index (χ0n) is 35.6. The van der Waals surface area contributed by atoms with Crippen LogP contribution in [0, 0.1) is 5.92 Å². The number of hydrogen-bond donors (Lipinski definition) is 0. The number of esters is 2. The van der Waals surface area contributed by atoms with Crippen molar-refractivity contribution in [3.8, 4) is 0 Å². The third-order valence-corrected chi connectivity index (χ3v) is 10.8. The van der Waals surface area contributed by atoms with Crippen molar-refractivity contribution in [2.45, 2.75) is 265 Å². The van der Waals surface area contributed by atoms with Crippen molar-refractivity contribution in [2.75, 3.05) is 13.2 Å². The van der Waals surface area contributed by atoms with Crippen LogP contribution in [-0.4, -0.2) is 25.2 Å². The first kappa shape index (κ1) is 50.7. The smallest absolute Gasteiger partial charge is 0.309 e. The molecule has 0 radical (unpaired) electrons. The summed E-state index contributed by atoms with van der Waals surface area (Å²) in [5, 5.41) is 0. The topological polar surface area (TPSA) is 52.6 Å². The average molecular weight is 733 g/mol. The van der Waals surface area contributed by atoms with E-state index in [0.29, 0.717) is 13.2 Å². The highest BCUT2D eigenvalue weighted by molar-refractivity contribution is 5.79. The molecular formula is C48H92O4.